The van der Waals surface area contributed by atoms with E-state index in [1.807, 2.05) is 0 Å². The van der Waals surface area contributed by atoms with Crippen molar-refractivity contribution in [2.75, 3.05) is 39.3 Å². The molecule has 0 aromatic rings. The maximum Gasteiger partial charge on any atom is 0.219 e. The quantitative estimate of drug-likeness (QED) is 0.0927. The summed E-state index contributed by atoms with van der Waals surface area (Å²) >= 11 is 0. The molecule has 0 rings (SSSR count). The monoisotopic (exact) mass is 538 g/mol. The number of nitrogens with one attached hydrogen (secondary N) is 1. The summed E-state index contributed by atoms with van der Waals surface area (Å²) in [6, 6.07) is 0.652. The Balaban J connectivity index is 3.86. The Bertz CT molecular complexity index is 478. The van der Waals surface area contributed by atoms with E-state index in [4.69, 9.17) is 0 Å². The van der Waals surface area contributed by atoms with Gasteiger partial charge in [0.25, 0.3) is 0 Å². The van der Waals surface area contributed by atoms with Gasteiger partial charge in [-0.2, -0.15) is 0 Å². The number of carbonyl (C=O) groups excluding carboxylic acids is 1. The Kier molecular flexibility index (Phi) is 28.9. The number of hydrogen-bond acceptors (Lipinski definition) is 3. The van der Waals surface area contributed by atoms with Crippen LogP contribution >= 0.6 is 0 Å². The second-order valence-corrected chi connectivity index (χ2v) is 11.8. The zero-order valence-electron chi connectivity index (χ0n) is 27.0. The fourth-order valence-corrected chi connectivity index (χ4v) is 5.83. The van der Waals surface area contributed by atoms with E-state index in [0.29, 0.717) is 12.5 Å². The summed E-state index contributed by atoms with van der Waals surface area (Å²) < 4.78 is 0. The van der Waals surface area contributed by atoms with Crippen molar-refractivity contribution in [2.24, 2.45) is 0 Å². The lowest BCUT2D eigenvalue weighted by molar-refractivity contribution is -0.121. The number of carbonyl (C=O) groups is 1. The SMILES string of the molecule is CCCCCCCCCCCCCCCC(=O)NCCCC(CC)N(CCC)CCCN(CCC)CCC. The van der Waals surface area contributed by atoms with Gasteiger partial charge in [0.15, 0.2) is 0 Å². The molecule has 0 saturated heterocycles. The van der Waals surface area contributed by atoms with Gasteiger partial charge in [-0.25, -0.2) is 0 Å². The highest BCUT2D eigenvalue weighted by atomic mass is 16.1. The predicted octanol–water partition coefficient (Wildman–Crippen LogP) is 9.37. The van der Waals surface area contributed by atoms with Gasteiger partial charge in [0.05, 0.1) is 0 Å². The molecule has 0 aromatic heterocycles. The highest BCUT2D eigenvalue weighted by Gasteiger charge is 2.16. The van der Waals surface area contributed by atoms with Crippen molar-refractivity contribution in [3.05, 3.63) is 0 Å². The molecule has 38 heavy (non-hydrogen) atoms. The van der Waals surface area contributed by atoms with Gasteiger partial charge in [-0.3, -0.25) is 4.79 Å². The highest BCUT2D eigenvalue weighted by molar-refractivity contribution is 5.75. The summed E-state index contributed by atoms with van der Waals surface area (Å²) in [5, 5.41) is 3.20. The van der Waals surface area contributed by atoms with Crippen molar-refractivity contribution in [2.45, 2.75) is 175 Å². The van der Waals surface area contributed by atoms with Gasteiger partial charge in [0.1, 0.15) is 0 Å². The third-order valence-electron chi connectivity index (χ3n) is 8.04. The highest BCUT2D eigenvalue weighted by Crippen LogP contribution is 2.14. The van der Waals surface area contributed by atoms with Crippen molar-refractivity contribution in [3.63, 3.8) is 0 Å². The van der Waals surface area contributed by atoms with Crippen molar-refractivity contribution >= 4 is 5.91 Å². The average molecular weight is 538 g/mol. The lowest BCUT2D eigenvalue weighted by Gasteiger charge is -2.32. The average Bonchev–Trinajstić information content (AvgIpc) is 2.91. The Hall–Kier alpha value is -0.610. The van der Waals surface area contributed by atoms with Crippen LogP contribution in [0.1, 0.15) is 169 Å². The van der Waals surface area contributed by atoms with Crippen LogP contribution in [0.3, 0.4) is 0 Å². The van der Waals surface area contributed by atoms with Gasteiger partial charge < -0.3 is 15.1 Å². The molecule has 1 atom stereocenters. The van der Waals surface area contributed by atoms with Crippen LogP contribution in [0.5, 0.6) is 0 Å². The van der Waals surface area contributed by atoms with E-state index in [-0.39, 0.29) is 5.91 Å². The van der Waals surface area contributed by atoms with Crippen LogP contribution in [0.4, 0.5) is 0 Å². The van der Waals surface area contributed by atoms with Gasteiger partial charge >= 0.3 is 0 Å². The van der Waals surface area contributed by atoms with Crippen LogP contribution in [0.25, 0.3) is 0 Å². The molecule has 0 aromatic carbocycles. The summed E-state index contributed by atoms with van der Waals surface area (Å²) in [6.45, 7) is 18.5. The van der Waals surface area contributed by atoms with Crippen LogP contribution in [0.2, 0.25) is 0 Å². The maximum absolute atomic E-state index is 12.3. The lowest BCUT2D eigenvalue weighted by Crippen LogP contribution is -2.38. The molecule has 0 radical (unpaired) electrons. The molecule has 0 fully saturated rings. The molecule has 1 N–H and O–H groups in total. The van der Waals surface area contributed by atoms with Crippen LogP contribution in [-0.4, -0.2) is 61.0 Å². The fourth-order valence-electron chi connectivity index (χ4n) is 5.83. The second kappa shape index (κ2) is 29.4. The van der Waals surface area contributed by atoms with E-state index in [1.54, 1.807) is 0 Å². The largest absolute Gasteiger partial charge is 0.356 e. The number of unbranched alkanes of at least 4 members (excludes halogenated alkanes) is 12. The van der Waals surface area contributed by atoms with E-state index in [1.165, 1.54) is 148 Å². The van der Waals surface area contributed by atoms with Crippen molar-refractivity contribution in [1.82, 2.24) is 15.1 Å². The maximum atomic E-state index is 12.3. The first-order chi connectivity index (χ1) is 18.6. The van der Waals surface area contributed by atoms with Crippen LogP contribution < -0.4 is 5.32 Å². The summed E-state index contributed by atoms with van der Waals surface area (Å²) in [4.78, 5) is 17.6. The zero-order chi connectivity index (χ0) is 28.1. The molecule has 0 aliphatic rings. The first kappa shape index (κ1) is 37.4. The second-order valence-electron chi connectivity index (χ2n) is 11.8. The molecule has 1 amide bonds. The summed E-state index contributed by atoms with van der Waals surface area (Å²) in [5.41, 5.74) is 0. The molecule has 1 unspecified atom stereocenters. The van der Waals surface area contributed by atoms with E-state index in [9.17, 15) is 4.79 Å². The first-order valence-corrected chi connectivity index (χ1v) is 17.4. The van der Waals surface area contributed by atoms with Crippen LogP contribution in [-0.2, 0) is 4.79 Å². The first-order valence-electron chi connectivity index (χ1n) is 17.4. The summed E-state index contributed by atoms with van der Waals surface area (Å²) in [7, 11) is 0. The molecular weight excluding hydrogens is 466 g/mol. The van der Waals surface area contributed by atoms with E-state index < -0.39 is 0 Å². The predicted molar refractivity (Wildman–Crippen MR) is 170 cm³/mol. The standard InChI is InChI=1S/C34H71N3O/c1-6-11-12-13-14-15-16-17-18-19-20-21-22-26-34(38)35-27-23-25-33(10-5)37(30-9-4)32-24-31-36(28-7-2)29-8-3/h33H,6-32H2,1-5H3,(H,35,38). The molecule has 0 aliphatic carbocycles. The van der Waals surface area contributed by atoms with Gasteiger partial charge in [0.2, 0.25) is 5.91 Å². The van der Waals surface area contributed by atoms with E-state index >= 15 is 0 Å². The lowest BCUT2D eigenvalue weighted by atomic mass is 10.0. The minimum Gasteiger partial charge on any atom is -0.356 e. The van der Waals surface area contributed by atoms with Crippen molar-refractivity contribution in [3.8, 4) is 0 Å². The molecule has 0 saturated carbocycles. The Morgan fingerprint density at radius 2 is 1.08 bits per heavy atom. The Morgan fingerprint density at radius 1 is 0.553 bits per heavy atom. The molecule has 228 valence electrons. The van der Waals surface area contributed by atoms with Crippen molar-refractivity contribution in [1.29, 1.82) is 0 Å². The fraction of sp³-hybridized carbons (Fsp3) is 0.971. The molecule has 0 spiro atoms. The minimum atomic E-state index is 0.262. The van der Waals surface area contributed by atoms with Crippen LogP contribution in [0, 0.1) is 0 Å². The molecule has 4 nitrogen and oxygen atoms in total. The van der Waals surface area contributed by atoms with Gasteiger partial charge in [-0.05, 0) is 84.1 Å². The van der Waals surface area contributed by atoms with Crippen LogP contribution in [0.15, 0.2) is 0 Å². The summed E-state index contributed by atoms with van der Waals surface area (Å²) in [5.74, 6) is 0.262. The topological polar surface area (TPSA) is 35.6 Å². The number of hydrogen-bond donors (Lipinski definition) is 1. The minimum absolute atomic E-state index is 0.262. The number of amides is 1. The zero-order valence-corrected chi connectivity index (χ0v) is 27.0. The Labute approximate surface area is 240 Å². The number of nitrogens with zero attached hydrogens (tertiary/aromatic N) is 2. The van der Waals surface area contributed by atoms with E-state index in [2.05, 4.69) is 49.7 Å². The van der Waals surface area contributed by atoms with Crippen molar-refractivity contribution < 1.29 is 4.79 Å². The summed E-state index contributed by atoms with van der Waals surface area (Å²) in [6.07, 6.45) is 26.8. The third kappa shape index (κ3) is 23.3. The molecular formula is C34H71N3O. The Morgan fingerprint density at radius 3 is 1.58 bits per heavy atom. The van der Waals surface area contributed by atoms with Gasteiger partial charge in [-0.1, -0.05) is 112 Å². The van der Waals surface area contributed by atoms with E-state index in [0.717, 1.165) is 19.4 Å². The molecule has 0 heterocycles. The molecule has 0 aliphatic heterocycles. The molecule has 0 bridgehead atoms. The molecule has 4 heteroatoms. The van der Waals surface area contributed by atoms with Gasteiger partial charge in [0, 0.05) is 19.0 Å². The third-order valence-corrected chi connectivity index (χ3v) is 8.04. The smallest absolute Gasteiger partial charge is 0.219 e. The number of rotatable bonds is 30. The van der Waals surface area contributed by atoms with Gasteiger partial charge in [-0.15, -0.1) is 0 Å². The normalized spacial score (nSPS) is 12.5.